The van der Waals surface area contributed by atoms with Gasteiger partial charge in [0.1, 0.15) is 0 Å². The van der Waals surface area contributed by atoms with Crippen molar-refractivity contribution in [1.82, 2.24) is 10.2 Å². The van der Waals surface area contributed by atoms with E-state index in [1.54, 1.807) is 17.0 Å². The topological polar surface area (TPSA) is 49.4 Å². The van der Waals surface area contributed by atoms with E-state index in [0.717, 1.165) is 5.56 Å². The van der Waals surface area contributed by atoms with Crippen molar-refractivity contribution < 1.29 is 22.8 Å². The summed E-state index contributed by atoms with van der Waals surface area (Å²) in [5, 5.41) is 2.66. The second-order valence-electron chi connectivity index (χ2n) is 8.00. The minimum atomic E-state index is -4.29. The Balaban J connectivity index is 1.62. The molecule has 154 valence electrons. The average molecular weight is 396 g/mol. The van der Waals surface area contributed by atoms with Crippen LogP contribution in [0.3, 0.4) is 0 Å². The fourth-order valence-corrected chi connectivity index (χ4v) is 4.25. The van der Waals surface area contributed by atoms with Gasteiger partial charge in [-0.2, -0.15) is 13.2 Å². The number of nitrogens with one attached hydrogen (secondary N) is 1. The lowest BCUT2D eigenvalue weighted by Crippen LogP contribution is -2.52. The van der Waals surface area contributed by atoms with Gasteiger partial charge in [-0.25, -0.2) is 0 Å². The van der Waals surface area contributed by atoms with Gasteiger partial charge in [0.05, 0.1) is 11.8 Å². The van der Waals surface area contributed by atoms with E-state index in [2.05, 4.69) is 5.32 Å². The first kappa shape index (κ1) is 20.7. The zero-order valence-corrected chi connectivity index (χ0v) is 16.1. The molecule has 4 nitrogen and oxygen atoms in total. The second-order valence-corrected chi connectivity index (χ2v) is 8.00. The van der Waals surface area contributed by atoms with Crippen molar-refractivity contribution in [1.29, 1.82) is 0 Å². The summed E-state index contributed by atoms with van der Waals surface area (Å²) in [4.78, 5) is 27.0. The molecule has 2 aliphatic rings. The van der Waals surface area contributed by atoms with Gasteiger partial charge in [-0.05, 0) is 44.7 Å². The largest absolute Gasteiger partial charge is 0.393 e. The molecule has 3 atom stereocenters. The van der Waals surface area contributed by atoms with Gasteiger partial charge in [0.25, 0.3) is 5.91 Å². The highest BCUT2D eigenvalue weighted by Crippen LogP contribution is 2.38. The second kappa shape index (κ2) is 8.53. The number of carbonyl (C=O) groups is 2. The van der Waals surface area contributed by atoms with Crippen molar-refractivity contribution in [3.8, 4) is 0 Å². The lowest BCUT2D eigenvalue weighted by Gasteiger charge is -2.36. The van der Waals surface area contributed by atoms with Gasteiger partial charge in [-0.3, -0.25) is 9.59 Å². The molecule has 0 aromatic heterocycles. The molecule has 7 heteroatoms. The van der Waals surface area contributed by atoms with Crippen molar-refractivity contribution in [3.63, 3.8) is 0 Å². The minimum Gasteiger partial charge on any atom is -0.352 e. The highest BCUT2D eigenvalue weighted by atomic mass is 19.4. The molecule has 1 saturated carbocycles. The lowest BCUT2D eigenvalue weighted by molar-refractivity contribution is -0.189. The Labute approximate surface area is 163 Å². The van der Waals surface area contributed by atoms with Gasteiger partial charge >= 0.3 is 6.18 Å². The predicted molar refractivity (Wildman–Crippen MR) is 99.8 cm³/mol. The molecule has 1 saturated heterocycles. The van der Waals surface area contributed by atoms with E-state index in [4.69, 9.17) is 0 Å². The van der Waals surface area contributed by atoms with Crippen molar-refractivity contribution in [2.75, 3.05) is 13.1 Å². The summed E-state index contributed by atoms with van der Waals surface area (Å²) in [6.45, 7) is 2.75. The van der Waals surface area contributed by atoms with Crippen molar-refractivity contribution >= 4 is 11.8 Å². The van der Waals surface area contributed by atoms with Crippen LogP contribution in [-0.2, 0) is 4.79 Å². The third-order valence-electron chi connectivity index (χ3n) is 5.89. The maximum Gasteiger partial charge on any atom is 0.393 e. The molecule has 3 rings (SSSR count). The van der Waals surface area contributed by atoms with E-state index < -0.39 is 24.1 Å². The van der Waals surface area contributed by atoms with Gasteiger partial charge < -0.3 is 10.2 Å². The minimum absolute atomic E-state index is 0.0666. The molecule has 1 aromatic rings. The number of piperidine rings is 1. The Bertz CT molecular complexity index is 703. The summed E-state index contributed by atoms with van der Waals surface area (Å²) >= 11 is 0. The summed E-state index contributed by atoms with van der Waals surface area (Å²) in [6, 6.07) is 6.39. The van der Waals surface area contributed by atoms with E-state index in [9.17, 15) is 22.8 Å². The molecule has 2 amide bonds. The highest BCUT2D eigenvalue weighted by Gasteiger charge is 2.46. The molecule has 1 heterocycles. The SMILES string of the molecule is Cc1ccc(C(=O)N2CCCC(C(=O)NC3CCCCC3C(F)(F)F)C2)cc1. The number of benzene rings is 1. The van der Waals surface area contributed by atoms with Crippen LogP contribution in [0.25, 0.3) is 0 Å². The zero-order chi connectivity index (χ0) is 20.3. The summed E-state index contributed by atoms with van der Waals surface area (Å²) in [5.74, 6) is -2.43. The molecular formula is C21H27F3N2O2. The molecule has 1 aliphatic carbocycles. The first-order chi connectivity index (χ1) is 13.3. The highest BCUT2D eigenvalue weighted by molar-refractivity contribution is 5.94. The Hall–Kier alpha value is -2.05. The number of aryl methyl sites for hydroxylation is 1. The van der Waals surface area contributed by atoms with Crippen molar-refractivity contribution in [2.45, 2.75) is 57.7 Å². The molecule has 1 aliphatic heterocycles. The van der Waals surface area contributed by atoms with Crippen LogP contribution < -0.4 is 5.32 Å². The third-order valence-corrected chi connectivity index (χ3v) is 5.89. The Morgan fingerprint density at radius 3 is 2.39 bits per heavy atom. The van der Waals surface area contributed by atoms with Crippen molar-refractivity contribution in [3.05, 3.63) is 35.4 Å². The average Bonchev–Trinajstić information content (AvgIpc) is 2.68. The summed E-state index contributed by atoms with van der Waals surface area (Å²) in [7, 11) is 0. The van der Waals surface area contributed by atoms with Crippen molar-refractivity contribution in [2.24, 2.45) is 11.8 Å². The molecular weight excluding hydrogens is 369 g/mol. The summed E-state index contributed by atoms with van der Waals surface area (Å²) < 4.78 is 39.8. The summed E-state index contributed by atoms with van der Waals surface area (Å²) in [5.41, 5.74) is 1.62. The molecule has 0 spiro atoms. The number of alkyl halides is 3. The number of nitrogens with zero attached hydrogens (tertiary/aromatic N) is 1. The first-order valence-corrected chi connectivity index (χ1v) is 9.98. The normalized spacial score (nSPS) is 26.0. The van der Waals surface area contributed by atoms with E-state index in [1.165, 1.54) is 0 Å². The van der Waals surface area contributed by atoms with E-state index in [1.807, 2.05) is 19.1 Å². The lowest BCUT2D eigenvalue weighted by atomic mass is 9.83. The third kappa shape index (κ3) is 4.86. The molecule has 2 fully saturated rings. The fraction of sp³-hybridized carbons (Fsp3) is 0.619. The summed E-state index contributed by atoms with van der Waals surface area (Å²) in [6.07, 6.45) is -1.38. The standard InChI is InChI=1S/C21H27F3N2O2/c1-14-8-10-15(11-9-14)20(28)26-12-4-5-16(13-26)19(27)25-18-7-3-2-6-17(18)21(22,23)24/h8-11,16-18H,2-7,12-13H2,1H3,(H,25,27). The smallest absolute Gasteiger partial charge is 0.352 e. The number of likely N-dealkylation sites (tertiary alicyclic amines) is 1. The molecule has 1 aromatic carbocycles. The molecule has 28 heavy (non-hydrogen) atoms. The van der Waals surface area contributed by atoms with Crippen LogP contribution in [0.1, 0.15) is 54.4 Å². The number of halogens is 3. The maximum atomic E-state index is 13.3. The maximum absolute atomic E-state index is 13.3. The van der Waals surface area contributed by atoms with Crippen LogP contribution in [0.15, 0.2) is 24.3 Å². The zero-order valence-electron chi connectivity index (χ0n) is 16.1. The van der Waals surface area contributed by atoms with Gasteiger partial charge in [0, 0.05) is 24.7 Å². The van der Waals surface area contributed by atoms with Crippen LogP contribution in [-0.4, -0.2) is 42.0 Å². The number of hydrogen-bond donors (Lipinski definition) is 1. The quantitative estimate of drug-likeness (QED) is 0.837. The number of rotatable bonds is 3. The molecule has 0 radical (unpaired) electrons. The van der Waals surface area contributed by atoms with Gasteiger partial charge in [0.15, 0.2) is 0 Å². The van der Waals surface area contributed by atoms with Crippen LogP contribution in [0.5, 0.6) is 0 Å². The first-order valence-electron chi connectivity index (χ1n) is 9.98. The van der Waals surface area contributed by atoms with Crippen LogP contribution in [0.4, 0.5) is 13.2 Å². The van der Waals surface area contributed by atoms with E-state index in [-0.39, 0.29) is 24.8 Å². The molecule has 0 bridgehead atoms. The monoisotopic (exact) mass is 396 g/mol. The number of carbonyl (C=O) groups excluding carboxylic acids is 2. The fourth-order valence-electron chi connectivity index (χ4n) is 4.25. The van der Waals surface area contributed by atoms with Crippen LogP contribution in [0.2, 0.25) is 0 Å². The predicted octanol–water partition coefficient (Wildman–Crippen LogP) is 4.08. The number of hydrogen-bond acceptors (Lipinski definition) is 2. The van der Waals surface area contributed by atoms with E-state index in [0.29, 0.717) is 44.2 Å². The number of amides is 2. The molecule has 3 unspecified atom stereocenters. The Kier molecular flexibility index (Phi) is 6.30. The van der Waals surface area contributed by atoms with Gasteiger partial charge in [-0.1, -0.05) is 30.5 Å². The Morgan fingerprint density at radius 2 is 1.71 bits per heavy atom. The Morgan fingerprint density at radius 1 is 1.04 bits per heavy atom. The van der Waals surface area contributed by atoms with Gasteiger partial charge in [-0.15, -0.1) is 0 Å². The molecule has 1 N–H and O–H groups in total. The van der Waals surface area contributed by atoms with Gasteiger partial charge in [0.2, 0.25) is 5.91 Å². The van der Waals surface area contributed by atoms with Crippen LogP contribution >= 0.6 is 0 Å². The van der Waals surface area contributed by atoms with Crippen LogP contribution in [0, 0.1) is 18.8 Å². The van der Waals surface area contributed by atoms with E-state index >= 15 is 0 Å².